The molecule has 0 aliphatic carbocycles. The summed E-state index contributed by atoms with van der Waals surface area (Å²) in [6, 6.07) is 20.7. The summed E-state index contributed by atoms with van der Waals surface area (Å²) in [5.74, 6) is 2.19. The van der Waals surface area contributed by atoms with Crippen LogP contribution in [0.1, 0.15) is 21.5 Å². The Morgan fingerprint density at radius 1 is 0.897 bits per heavy atom. The van der Waals surface area contributed by atoms with Gasteiger partial charge < -0.3 is 14.2 Å². The van der Waals surface area contributed by atoms with Gasteiger partial charge in [-0.3, -0.25) is 4.79 Å². The van der Waals surface area contributed by atoms with Crippen molar-refractivity contribution in [2.24, 2.45) is 0 Å². The number of ketones is 1. The summed E-state index contributed by atoms with van der Waals surface area (Å²) in [6.45, 7) is 0.373. The number of benzene rings is 3. The molecule has 3 rings (SSSR count). The molecule has 29 heavy (non-hydrogen) atoms. The van der Waals surface area contributed by atoms with Gasteiger partial charge in [0.1, 0.15) is 23.9 Å². The van der Waals surface area contributed by atoms with Crippen molar-refractivity contribution in [2.75, 3.05) is 14.2 Å². The number of allylic oxidation sites excluding steroid dienone is 1. The van der Waals surface area contributed by atoms with Gasteiger partial charge in [0.2, 0.25) is 0 Å². The Bertz CT molecular complexity index is 992. The van der Waals surface area contributed by atoms with E-state index in [2.05, 4.69) is 22.6 Å². The summed E-state index contributed by atoms with van der Waals surface area (Å²) >= 11 is 2.26. The third-order valence-corrected chi connectivity index (χ3v) is 5.03. The largest absolute Gasteiger partial charge is 0.497 e. The molecule has 0 fully saturated rings. The van der Waals surface area contributed by atoms with Crippen LogP contribution in [-0.2, 0) is 6.61 Å². The van der Waals surface area contributed by atoms with Crippen molar-refractivity contribution in [3.8, 4) is 17.2 Å². The molecule has 0 aliphatic rings. The minimum absolute atomic E-state index is 0.0693. The molecule has 0 aromatic heterocycles. The van der Waals surface area contributed by atoms with E-state index in [-0.39, 0.29) is 5.78 Å². The lowest BCUT2D eigenvalue weighted by molar-refractivity contribution is 0.104. The van der Waals surface area contributed by atoms with Crippen molar-refractivity contribution in [3.05, 3.63) is 93.1 Å². The Kier molecular flexibility index (Phi) is 7.30. The van der Waals surface area contributed by atoms with E-state index in [4.69, 9.17) is 14.2 Å². The molecular weight excluding hydrogens is 479 g/mol. The summed E-state index contributed by atoms with van der Waals surface area (Å²) in [7, 11) is 3.23. The second-order valence-corrected chi connectivity index (χ2v) is 7.49. The molecule has 0 heterocycles. The molecule has 0 aliphatic heterocycles. The fraction of sp³-hybridized carbons (Fsp3) is 0.125. The standard InChI is InChI=1S/C24H21IO4/c1-27-21-9-5-18(6-10-21)23(26)13-3-17-4-14-24(28-2)19(15-17)16-29-22-11-7-20(25)8-12-22/h3-15H,16H2,1-2H3/b13-3+. The number of halogens is 1. The minimum atomic E-state index is -0.0693. The van der Waals surface area contributed by atoms with Gasteiger partial charge in [-0.05, 0) is 94.9 Å². The maximum Gasteiger partial charge on any atom is 0.185 e. The van der Waals surface area contributed by atoms with Gasteiger partial charge in [-0.1, -0.05) is 12.1 Å². The fourth-order valence-corrected chi connectivity index (χ4v) is 3.09. The summed E-state index contributed by atoms with van der Waals surface area (Å²) < 4.78 is 17.6. The highest BCUT2D eigenvalue weighted by atomic mass is 127. The van der Waals surface area contributed by atoms with E-state index in [1.54, 1.807) is 50.6 Å². The number of rotatable bonds is 8. The van der Waals surface area contributed by atoms with Gasteiger partial charge in [0.25, 0.3) is 0 Å². The van der Waals surface area contributed by atoms with E-state index in [0.717, 1.165) is 31.9 Å². The van der Waals surface area contributed by atoms with Gasteiger partial charge in [0, 0.05) is 14.7 Å². The average Bonchev–Trinajstić information content (AvgIpc) is 2.77. The van der Waals surface area contributed by atoms with E-state index < -0.39 is 0 Å². The van der Waals surface area contributed by atoms with Gasteiger partial charge in [0.15, 0.2) is 5.78 Å². The zero-order valence-electron chi connectivity index (χ0n) is 16.2. The first-order valence-electron chi connectivity index (χ1n) is 9.01. The number of ether oxygens (including phenoxy) is 3. The first-order valence-corrected chi connectivity index (χ1v) is 10.1. The van der Waals surface area contributed by atoms with Crippen LogP contribution in [-0.4, -0.2) is 20.0 Å². The molecule has 5 heteroatoms. The fourth-order valence-electron chi connectivity index (χ4n) is 2.73. The van der Waals surface area contributed by atoms with Crippen molar-refractivity contribution >= 4 is 34.5 Å². The minimum Gasteiger partial charge on any atom is -0.497 e. The second kappa shape index (κ2) is 10.1. The average molecular weight is 500 g/mol. The maximum absolute atomic E-state index is 12.4. The number of carbonyl (C=O) groups is 1. The van der Waals surface area contributed by atoms with Crippen LogP contribution < -0.4 is 14.2 Å². The Hall–Kier alpha value is -2.80. The van der Waals surface area contributed by atoms with E-state index >= 15 is 0 Å². The zero-order valence-corrected chi connectivity index (χ0v) is 18.4. The lowest BCUT2D eigenvalue weighted by Gasteiger charge is -2.11. The van der Waals surface area contributed by atoms with Gasteiger partial charge >= 0.3 is 0 Å². The van der Waals surface area contributed by atoms with E-state index in [1.165, 1.54) is 0 Å². The number of hydrogen-bond acceptors (Lipinski definition) is 4. The molecule has 148 valence electrons. The van der Waals surface area contributed by atoms with E-state index in [0.29, 0.717) is 12.2 Å². The van der Waals surface area contributed by atoms with Crippen molar-refractivity contribution < 1.29 is 19.0 Å². The molecule has 0 N–H and O–H groups in total. The molecule has 4 nitrogen and oxygen atoms in total. The third-order valence-electron chi connectivity index (χ3n) is 4.31. The zero-order chi connectivity index (χ0) is 20.6. The topological polar surface area (TPSA) is 44.8 Å². The summed E-state index contributed by atoms with van der Waals surface area (Å²) in [4.78, 5) is 12.4. The van der Waals surface area contributed by atoms with Gasteiger partial charge in [-0.25, -0.2) is 0 Å². The first-order chi connectivity index (χ1) is 14.1. The summed E-state index contributed by atoms with van der Waals surface area (Å²) in [5.41, 5.74) is 2.41. The number of carbonyl (C=O) groups excluding carboxylic acids is 1. The predicted molar refractivity (Wildman–Crippen MR) is 123 cm³/mol. The Morgan fingerprint density at radius 2 is 1.59 bits per heavy atom. The van der Waals surface area contributed by atoms with Crippen LogP contribution in [0.3, 0.4) is 0 Å². The molecule has 0 unspecified atom stereocenters. The molecule has 3 aromatic rings. The van der Waals surface area contributed by atoms with Crippen LogP contribution in [0.15, 0.2) is 72.8 Å². The molecular formula is C24H21IO4. The lowest BCUT2D eigenvalue weighted by Crippen LogP contribution is -1.99. The molecule has 0 spiro atoms. The Labute approximate surface area is 184 Å². The van der Waals surface area contributed by atoms with Crippen LogP contribution in [0.2, 0.25) is 0 Å². The predicted octanol–water partition coefficient (Wildman–Crippen LogP) is 5.78. The van der Waals surface area contributed by atoms with E-state index in [1.807, 2.05) is 42.5 Å². The highest BCUT2D eigenvalue weighted by molar-refractivity contribution is 14.1. The SMILES string of the molecule is COc1ccc(C(=O)/C=C/c2ccc(OC)c(COc3ccc(I)cc3)c2)cc1. The first kappa shape index (κ1) is 20.9. The number of hydrogen-bond donors (Lipinski definition) is 0. The maximum atomic E-state index is 12.4. The van der Waals surface area contributed by atoms with Crippen LogP contribution >= 0.6 is 22.6 Å². The smallest absolute Gasteiger partial charge is 0.185 e. The summed E-state index contributed by atoms with van der Waals surface area (Å²) in [6.07, 6.45) is 3.35. The van der Waals surface area contributed by atoms with E-state index in [9.17, 15) is 4.79 Å². The van der Waals surface area contributed by atoms with Crippen LogP contribution in [0, 0.1) is 3.57 Å². The molecule has 0 saturated heterocycles. The Balaban J connectivity index is 1.72. The molecule has 0 amide bonds. The van der Waals surface area contributed by atoms with Crippen molar-refractivity contribution in [2.45, 2.75) is 6.61 Å². The van der Waals surface area contributed by atoms with Crippen molar-refractivity contribution in [1.82, 2.24) is 0 Å². The third kappa shape index (κ3) is 5.84. The van der Waals surface area contributed by atoms with Gasteiger partial charge in [-0.15, -0.1) is 0 Å². The monoisotopic (exact) mass is 500 g/mol. The Morgan fingerprint density at radius 3 is 2.24 bits per heavy atom. The van der Waals surface area contributed by atoms with Crippen LogP contribution in [0.5, 0.6) is 17.2 Å². The molecule has 0 atom stereocenters. The number of methoxy groups -OCH3 is 2. The normalized spacial score (nSPS) is 10.7. The van der Waals surface area contributed by atoms with Gasteiger partial charge in [-0.2, -0.15) is 0 Å². The lowest BCUT2D eigenvalue weighted by atomic mass is 10.1. The highest BCUT2D eigenvalue weighted by Crippen LogP contribution is 2.23. The van der Waals surface area contributed by atoms with Crippen molar-refractivity contribution in [1.29, 1.82) is 0 Å². The summed E-state index contributed by atoms with van der Waals surface area (Å²) in [5, 5.41) is 0. The molecule has 0 radical (unpaired) electrons. The molecule has 0 saturated carbocycles. The molecule has 0 bridgehead atoms. The quantitative estimate of drug-likeness (QED) is 0.223. The van der Waals surface area contributed by atoms with Crippen molar-refractivity contribution in [3.63, 3.8) is 0 Å². The van der Waals surface area contributed by atoms with Gasteiger partial charge in [0.05, 0.1) is 14.2 Å². The van der Waals surface area contributed by atoms with Crippen LogP contribution in [0.4, 0.5) is 0 Å². The highest BCUT2D eigenvalue weighted by Gasteiger charge is 2.06. The molecule has 3 aromatic carbocycles. The second-order valence-electron chi connectivity index (χ2n) is 6.24. The van der Waals surface area contributed by atoms with Crippen LogP contribution in [0.25, 0.3) is 6.08 Å².